The van der Waals surface area contributed by atoms with Gasteiger partial charge in [0.25, 0.3) is 0 Å². The number of rotatable bonds is 6. The zero-order chi connectivity index (χ0) is 14.6. The van der Waals surface area contributed by atoms with Gasteiger partial charge in [-0.2, -0.15) is 0 Å². The lowest BCUT2D eigenvalue weighted by Gasteiger charge is -2.29. The van der Waals surface area contributed by atoms with Gasteiger partial charge in [-0.05, 0) is 36.9 Å². The van der Waals surface area contributed by atoms with Crippen molar-refractivity contribution >= 4 is 23.2 Å². The van der Waals surface area contributed by atoms with Gasteiger partial charge >= 0.3 is 0 Å². The summed E-state index contributed by atoms with van der Waals surface area (Å²) in [7, 11) is 0. The fourth-order valence-electron chi connectivity index (χ4n) is 2.71. The molecule has 0 radical (unpaired) electrons. The maximum absolute atomic E-state index is 6.32. The Labute approximate surface area is 131 Å². The van der Waals surface area contributed by atoms with Gasteiger partial charge in [0.1, 0.15) is 0 Å². The van der Waals surface area contributed by atoms with Crippen LogP contribution in [0.3, 0.4) is 0 Å². The Morgan fingerprint density at radius 3 is 2.80 bits per heavy atom. The van der Waals surface area contributed by atoms with E-state index in [1.807, 2.05) is 12.1 Å². The molecule has 1 saturated heterocycles. The summed E-state index contributed by atoms with van der Waals surface area (Å²) in [4.78, 5) is 0. The summed E-state index contributed by atoms with van der Waals surface area (Å²) in [6, 6.07) is 5.87. The van der Waals surface area contributed by atoms with Crippen molar-refractivity contribution in [2.75, 3.05) is 26.3 Å². The molecule has 0 aliphatic carbocycles. The molecule has 1 aliphatic rings. The highest BCUT2D eigenvalue weighted by Crippen LogP contribution is 2.36. The third-order valence-electron chi connectivity index (χ3n) is 3.83. The van der Waals surface area contributed by atoms with E-state index in [0.717, 1.165) is 44.7 Å². The van der Waals surface area contributed by atoms with E-state index in [1.54, 1.807) is 0 Å². The van der Waals surface area contributed by atoms with Gasteiger partial charge in [0, 0.05) is 18.6 Å². The Balaban J connectivity index is 2.07. The molecule has 20 heavy (non-hydrogen) atoms. The minimum atomic E-state index is 0.142. The Morgan fingerprint density at radius 1 is 1.35 bits per heavy atom. The summed E-state index contributed by atoms with van der Waals surface area (Å²) in [6.45, 7) is 8.07. The monoisotopic (exact) mass is 315 g/mol. The van der Waals surface area contributed by atoms with Crippen LogP contribution in [0, 0.1) is 11.3 Å². The molecule has 112 valence electrons. The van der Waals surface area contributed by atoms with E-state index >= 15 is 0 Å². The van der Waals surface area contributed by atoms with Gasteiger partial charge in [0.05, 0.1) is 16.7 Å². The second-order valence-electron chi connectivity index (χ2n) is 6.22. The van der Waals surface area contributed by atoms with Gasteiger partial charge in [-0.3, -0.25) is 0 Å². The van der Waals surface area contributed by atoms with Gasteiger partial charge in [-0.25, -0.2) is 0 Å². The quantitative estimate of drug-likeness (QED) is 0.850. The zero-order valence-corrected chi connectivity index (χ0v) is 13.7. The highest BCUT2D eigenvalue weighted by molar-refractivity contribution is 6.42. The minimum Gasteiger partial charge on any atom is -0.381 e. The maximum atomic E-state index is 6.32. The fourth-order valence-corrected chi connectivity index (χ4v) is 3.09. The molecule has 0 bridgehead atoms. The summed E-state index contributed by atoms with van der Waals surface area (Å²) in [5.74, 6) is 0.657. The highest BCUT2D eigenvalue weighted by atomic mass is 35.5. The third-order valence-corrected chi connectivity index (χ3v) is 4.69. The van der Waals surface area contributed by atoms with Crippen LogP contribution in [0.4, 0.5) is 0 Å². The molecular formula is C16H23Cl2NO. The van der Waals surface area contributed by atoms with Crippen LogP contribution in [0.1, 0.15) is 25.8 Å². The molecule has 0 saturated carbocycles. The van der Waals surface area contributed by atoms with Crippen molar-refractivity contribution in [3.8, 4) is 0 Å². The average molecular weight is 316 g/mol. The molecule has 1 atom stereocenters. The van der Waals surface area contributed by atoms with Crippen molar-refractivity contribution in [2.45, 2.75) is 26.7 Å². The number of halogens is 2. The van der Waals surface area contributed by atoms with Crippen LogP contribution in [-0.4, -0.2) is 26.3 Å². The van der Waals surface area contributed by atoms with Crippen LogP contribution in [0.25, 0.3) is 0 Å². The van der Waals surface area contributed by atoms with Crippen molar-refractivity contribution in [3.05, 3.63) is 33.8 Å². The van der Waals surface area contributed by atoms with Crippen LogP contribution in [0.2, 0.25) is 10.0 Å². The van der Waals surface area contributed by atoms with Crippen molar-refractivity contribution in [3.63, 3.8) is 0 Å². The highest BCUT2D eigenvalue weighted by Gasteiger charge is 2.35. The summed E-state index contributed by atoms with van der Waals surface area (Å²) in [5.41, 5.74) is 1.26. The van der Waals surface area contributed by atoms with Crippen molar-refractivity contribution in [1.29, 1.82) is 0 Å². The maximum Gasteiger partial charge on any atom is 0.0624 e. The zero-order valence-electron chi connectivity index (χ0n) is 12.2. The number of hydrogen-bond donors (Lipinski definition) is 1. The van der Waals surface area contributed by atoms with E-state index in [2.05, 4.69) is 25.2 Å². The van der Waals surface area contributed by atoms with Gasteiger partial charge in [-0.1, -0.05) is 49.2 Å². The van der Waals surface area contributed by atoms with Crippen molar-refractivity contribution < 1.29 is 4.74 Å². The predicted octanol–water partition coefficient (Wildman–Crippen LogP) is 4.19. The standard InChI is InChI=1S/C16H23Cl2NO/c1-12(2)9-19-10-16(6-7-20-11-16)8-13-4-3-5-14(17)15(13)18/h3-5,12,19H,6-11H2,1-2H3. The van der Waals surface area contributed by atoms with Crippen LogP contribution < -0.4 is 5.32 Å². The third kappa shape index (κ3) is 4.11. The van der Waals surface area contributed by atoms with Crippen LogP contribution in [0.5, 0.6) is 0 Å². The molecule has 1 aliphatic heterocycles. The van der Waals surface area contributed by atoms with Crippen molar-refractivity contribution in [2.24, 2.45) is 11.3 Å². The molecule has 1 aromatic carbocycles. The van der Waals surface area contributed by atoms with Gasteiger partial charge in [-0.15, -0.1) is 0 Å². The second-order valence-corrected chi connectivity index (χ2v) is 7.00. The number of hydrogen-bond acceptors (Lipinski definition) is 2. The summed E-state index contributed by atoms with van der Waals surface area (Å²) in [6.07, 6.45) is 1.98. The topological polar surface area (TPSA) is 21.3 Å². The summed E-state index contributed by atoms with van der Waals surface area (Å²) in [5, 5.41) is 4.88. The molecule has 4 heteroatoms. The lowest BCUT2D eigenvalue weighted by atomic mass is 9.80. The SMILES string of the molecule is CC(C)CNCC1(Cc2cccc(Cl)c2Cl)CCOC1. The number of benzene rings is 1. The normalized spacial score (nSPS) is 22.6. The first-order valence-electron chi connectivity index (χ1n) is 7.24. The second kappa shape index (κ2) is 7.13. The first-order valence-corrected chi connectivity index (χ1v) is 7.99. The van der Waals surface area contributed by atoms with Gasteiger partial charge < -0.3 is 10.1 Å². The average Bonchev–Trinajstić information content (AvgIpc) is 2.83. The Hall–Kier alpha value is -0.280. The van der Waals surface area contributed by atoms with E-state index in [9.17, 15) is 0 Å². The smallest absolute Gasteiger partial charge is 0.0624 e. The van der Waals surface area contributed by atoms with E-state index < -0.39 is 0 Å². The molecule has 0 spiro atoms. The largest absolute Gasteiger partial charge is 0.381 e. The minimum absolute atomic E-state index is 0.142. The van der Waals surface area contributed by atoms with Gasteiger partial charge in [0.2, 0.25) is 0 Å². The van der Waals surface area contributed by atoms with Gasteiger partial charge in [0.15, 0.2) is 0 Å². The van der Waals surface area contributed by atoms with E-state index in [-0.39, 0.29) is 5.41 Å². The van der Waals surface area contributed by atoms with E-state index in [4.69, 9.17) is 27.9 Å². The first-order chi connectivity index (χ1) is 9.52. The molecular weight excluding hydrogens is 293 g/mol. The van der Waals surface area contributed by atoms with Crippen LogP contribution in [-0.2, 0) is 11.2 Å². The molecule has 0 aromatic heterocycles. The Kier molecular flexibility index (Phi) is 5.74. The lowest BCUT2D eigenvalue weighted by molar-refractivity contribution is 0.149. The predicted molar refractivity (Wildman–Crippen MR) is 85.7 cm³/mol. The molecule has 2 rings (SSSR count). The molecule has 1 unspecified atom stereocenters. The van der Waals surface area contributed by atoms with E-state index in [0.29, 0.717) is 16.0 Å². The number of nitrogens with one attached hydrogen (secondary N) is 1. The van der Waals surface area contributed by atoms with Crippen molar-refractivity contribution in [1.82, 2.24) is 5.32 Å². The number of ether oxygens (including phenoxy) is 1. The Morgan fingerprint density at radius 2 is 2.15 bits per heavy atom. The molecule has 1 fully saturated rings. The fraction of sp³-hybridized carbons (Fsp3) is 0.625. The molecule has 2 nitrogen and oxygen atoms in total. The summed E-state index contributed by atoms with van der Waals surface area (Å²) >= 11 is 12.4. The lowest BCUT2D eigenvalue weighted by Crippen LogP contribution is -2.38. The van der Waals surface area contributed by atoms with E-state index in [1.165, 1.54) is 0 Å². The molecule has 1 heterocycles. The Bertz CT molecular complexity index is 442. The summed E-state index contributed by atoms with van der Waals surface area (Å²) < 4.78 is 5.64. The molecule has 0 amide bonds. The molecule has 1 N–H and O–H groups in total. The van der Waals surface area contributed by atoms with Crippen LogP contribution in [0.15, 0.2) is 18.2 Å². The molecule has 1 aromatic rings. The first kappa shape index (κ1) is 16.1. The van der Waals surface area contributed by atoms with Crippen LogP contribution >= 0.6 is 23.2 Å².